The van der Waals surface area contributed by atoms with Gasteiger partial charge in [0.1, 0.15) is 11.4 Å². The van der Waals surface area contributed by atoms with E-state index in [1.54, 1.807) is 4.90 Å². The minimum Gasteiger partial charge on any atom is -0.444 e. The number of amides is 2. The average molecular weight is 427 g/mol. The topological polar surface area (TPSA) is 75.9 Å². The molecule has 2 aromatic rings. The number of likely N-dealkylation sites (tertiary alicyclic amines) is 1. The van der Waals surface area contributed by atoms with Gasteiger partial charge in [0.25, 0.3) is 0 Å². The van der Waals surface area contributed by atoms with Crippen molar-refractivity contribution in [1.29, 1.82) is 0 Å². The van der Waals surface area contributed by atoms with Crippen LogP contribution in [0.4, 0.5) is 4.79 Å². The summed E-state index contributed by atoms with van der Waals surface area (Å²) in [6.07, 6.45) is 5.24. The Morgan fingerprint density at radius 3 is 2.39 bits per heavy atom. The number of ether oxygens (including phenoxy) is 1. The van der Waals surface area contributed by atoms with E-state index in [9.17, 15) is 9.59 Å². The summed E-state index contributed by atoms with van der Waals surface area (Å²) >= 11 is 0. The third-order valence-corrected chi connectivity index (χ3v) is 6.55. The highest BCUT2D eigenvalue weighted by Gasteiger charge is 2.46. The largest absolute Gasteiger partial charge is 0.444 e. The highest BCUT2D eigenvalue weighted by atomic mass is 16.6. The Balaban J connectivity index is 1.38. The van der Waals surface area contributed by atoms with Crippen LogP contribution in [0.15, 0.2) is 24.5 Å². The lowest BCUT2D eigenvalue weighted by Gasteiger charge is -2.28. The van der Waals surface area contributed by atoms with Gasteiger partial charge in [-0.25, -0.2) is 9.78 Å². The molecule has 2 aliphatic rings. The average Bonchev–Trinajstić information content (AvgIpc) is 3.33. The molecule has 1 saturated carbocycles. The van der Waals surface area contributed by atoms with Crippen LogP contribution >= 0.6 is 0 Å². The number of aryl methyl sites for hydroxylation is 1. The molecule has 0 aromatic carbocycles. The summed E-state index contributed by atoms with van der Waals surface area (Å²) in [5.74, 6) is 1.60. The van der Waals surface area contributed by atoms with Crippen molar-refractivity contribution in [1.82, 2.24) is 19.6 Å². The van der Waals surface area contributed by atoms with Gasteiger partial charge in [-0.2, -0.15) is 0 Å². The number of pyridine rings is 1. The first-order valence-corrected chi connectivity index (χ1v) is 11.2. The van der Waals surface area contributed by atoms with E-state index in [0.29, 0.717) is 24.9 Å². The van der Waals surface area contributed by atoms with E-state index in [2.05, 4.69) is 27.7 Å². The minimum atomic E-state index is -0.586. The van der Waals surface area contributed by atoms with Crippen molar-refractivity contribution in [3.8, 4) is 0 Å². The van der Waals surface area contributed by atoms with Crippen molar-refractivity contribution >= 4 is 17.5 Å². The number of nitrogens with zero attached hydrogens (tertiary/aromatic N) is 3. The summed E-state index contributed by atoms with van der Waals surface area (Å²) < 4.78 is 7.56. The van der Waals surface area contributed by atoms with Crippen molar-refractivity contribution < 1.29 is 14.3 Å². The Morgan fingerprint density at radius 1 is 1.13 bits per heavy atom. The molecule has 2 amide bonds. The SMILES string of the molecule is Cc1cccn2c(C(C)(C)NC(=O)[C@H]3C[C@@H]4CN(C(=O)OC(C)(C)C)C[C@@H]4C3)ncc12. The molecule has 0 unspecified atom stereocenters. The number of hydrogen-bond donors (Lipinski definition) is 1. The third kappa shape index (κ3) is 4.27. The number of nitrogens with one attached hydrogen (secondary N) is 1. The summed E-state index contributed by atoms with van der Waals surface area (Å²) in [5, 5.41) is 3.24. The zero-order valence-corrected chi connectivity index (χ0v) is 19.4. The predicted molar refractivity (Wildman–Crippen MR) is 119 cm³/mol. The lowest BCUT2D eigenvalue weighted by atomic mass is 9.99. The molecule has 7 heteroatoms. The van der Waals surface area contributed by atoms with Crippen LogP contribution in [0.5, 0.6) is 0 Å². The maximum absolute atomic E-state index is 13.1. The molecule has 31 heavy (non-hydrogen) atoms. The maximum atomic E-state index is 13.1. The summed E-state index contributed by atoms with van der Waals surface area (Å²) in [6.45, 7) is 13.1. The highest BCUT2D eigenvalue weighted by molar-refractivity contribution is 5.80. The molecule has 3 heterocycles. The van der Waals surface area contributed by atoms with Gasteiger partial charge in [-0.3, -0.25) is 4.79 Å². The van der Waals surface area contributed by atoms with Gasteiger partial charge in [-0.1, -0.05) is 6.07 Å². The van der Waals surface area contributed by atoms with Crippen molar-refractivity contribution in [2.24, 2.45) is 17.8 Å². The molecule has 168 valence electrons. The second kappa shape index (κ2) is 7.53. The number of carbonyl (C=O) groups is 2. The van der Waals surface area contributed by atoms with Crippen LogP contribution in [0.25, 0.3) is 5.52 Å². The summed E-state index contributed by atoms with van der Waals surface area (Å²) in [5.41, 5.74) is 1.13. The lowest BCUT2D eigenvalue weighted by molar-refractivity contribution is -0.126. The van der Waals surface area contributed by atoms with Crippen molar-refractivity contribution in [2.45, 2.75) is 65.5 Å². The fourth-order valence-electron chi connectivity index (χ4n) is 5.08. The molecule has 1 N–H and O–H groups in total. The van der Waals surface area contributed by atoms with Gasteiger partial charge in [0, 0.05) is 25.2 Å². The van der Waals surface area contributed by atoms with Crippen LogP contribution in [-0.4, -0.2) is 45.0 Å². The van der Waals surface area contributed by atoms with Gasteiger partial charge in [0.05, 0.1) is 17.3 Å². The minimum absolute atomic E-state index is 0.0250. The second-order valence-electron chi connectivity index (χ2n) is 10.7. The summed E-state index contributed by atoms with van der Waals surface area (Å²) in [4.78, 5) is 31.9. The Morgan fingerprint density at radius 2 is 1.77 bits per heavy atom. The zero-order valence-electron chi connectivity index (χ0n) is 19.4. The Labute approximate surface area is 184 Å². The molecule has 0 spiro atoms. The van der Waals surface area contributed by atoms with E-state index in [0.717, 1.165) is 29.7 Å². The molecule has 1 saturated heterocycles. The number of aromatic nitrogens is 2. The first kappa shape index (κ1) is 21.7. The van der Waals surface area contributed by atoms with Crippen LogP contribution in [0.1, 0.15) is 58.8 Å². The fraction of sp³-hybridized carbons (Fsp3) is 0.625. The number of rotatable bonds is 3. The molecule has 4 rings (SSSR count). The van der Waals surface area contributed by atoms with Crippen molar-refractivity contribution in [2.75, 3.05) is 13.1 Å². The van der Waals surface area contributed by atoms with E-state index < -0.39 is 11.1 Å². The highest BCUT2D eigenvalue weighted by Crippen LogP contribution is 2.42. The van der Waals surface area contributed by atoms with E-state index in [4.69, 9.17) is 4.74 Å². The Kier molecular flexibility index (Phi) is 5.26. The van der Waals surface area contributed by atoms with E-state index in [1.165, 1.54) is 0 Å². The molecular weight excluding hydrogens is 392 g/mol. The van der Waals surface area contributed by atoms with Gasteiger partial charge in [-0.05, 0) is 77.8 Å². The van der Waals surface area contributed by atoms with Gasteiger partial charge in [-0.15, -0.1) is 0 Å². The van der Waals surface area contributed by atoms with Crippen LogP contribution in [0.3, 0.4) is 0 Å². The number of imidazole rings is 1. The van der Waals surface area contributed by atoms with Crippen LogP contribution < -0.4 is 5.32 Å². The van der Waals surface area contributed by atoms with Crippen LogP contribution in [-0.2, 0) is 15.1 Å². The molecule has 0 radical (unpaired) electrons. The molecule has 2 aromatic heterocycles. The second-order valence-corrected chi connectivity index (χ2v) is 10.7. The smallest absolute Gasteiger partial charge is 0.410 e. The normalized spacial score (nSPS) is 23.8. The van der Waals surface area contributed by atoms with E-state index >= 15 is 0 Å². The first-order chi connectivity index (χ1) is 14.4. The Hall–Kier alpha value is -2.57. The van der Waals surface area contributed by atoms with Crippen molar-refractivity contribution in [3.05, 3.63) is 35.9 Å². The molecule has 1 aliphatic carbocycles. The lowest BCUT2D eigenvalue weighted by Crippen LogP contribution is -2.45. The van der Waals surface area contributed by atoms with Crippen molar-refractivity contribution in [3.63, 3.8) is 0 Å². The first-order valence-electron chi connectivity index (χ1n) is 11.2. The molecule has 0 bridgehead atoms. The summed E-state index contributed by atoms with van der Waals surface area (Å²) in [7, 11) is 0. The molecular formula is C24H34N4O3. The quantitative estimate of drug-likeness (QED) is 0.808. The van der Waals surface area contributed by atoms with E-state index in [-0.39, 0.29) is 17.9 Å². The monoisotopic (exact) mass is 426 g/mol. The molecule has 7 nitrogen and oxygen atoms in total. The van der Waals surface area contributed by atoms with Crippen LogP contribution in [0, 0.1) is 24.7 Å². The van der Waals surface area contributed by atoms with Gasteiger partial charge >= 0.3 is 6.09 Å². The van der Waals surface area contributed by atoms with Gasteiger partial charge < -0.3 is 19.4 Å². The van der Waals surface area contributed by atoms with Gasteiger partial charge in [0.2, 0.25) is 5.91 Å². The molecule has 2 fully saturated rings. The summed E-state index contributed by atoms with van der Waals surface area (Å²) in [6, 6.07) is 4.06. The molecule has 3 atom stereocenters. The van der Waals surface area contributed by atoms with E-state index in [1.807, 2.05) is 53.1 Å². The number of fused-ring (bicyclic) bond motifs is 2. The number of hydrogen-bond acceptors (Lipinski definition) is 4. The Bertz CT molecular complexity index is 990. The molecule has 1 aliphatic heterocycles. The number of carbonyl (C=O) groups excluding carboxylic acids is 2. The fourth-order valence-corrected chi connectivity index (χ4v) is 5.08. The maximum Gasteiger partial charge on any atom is 0.410 e. The zero-order chi connectivity index (χ0) is 22.6. The standard InChI is InChI=1S/C24H34N4O3/c1-15-8-7-9-28-19(15)12-25-21(28)24(5,6)26-20(29)16-10-17-13-27(14-18(17)11-16)22(30)31-23(2,3)4/h7-9,12,16-18H,10-11,13-14H2,1-6H3,(H,26,29)/t16-,17+,18-. The third-order valence-electron chi connectivity index (χ3n) is 6.55. The van der Waals surface area contributed by atoms with Gasteiger partial charge in [0.15, 0.2) is 0 Å². The predicted octanol–water partition coefficient (Wildman–Crippen LogP) is 3.89. The van der Waals surface area contributed by atoms with Crippen LogP contribution in [0.2, 0.25) is 0 Å².